The first-order valence-corrected chi connectivity index (χ1v) is 12.5. The average molecular weight is 431 g/mol. The molecule has 2 aromatic rings. The summed E-state index contributed by atoms with van der Waals surface area (Å²) in [6, 6.07) is 17.3. The Hall–Kier alpha value is -2.33. The lowest BCUT2D eigenvalue weighted by Gasteiger charge is -2.43. The number of aryl methyl sites for hydroxylation is 1. The molecule has 6 rings (SSSR count). The van der Waals surface area contributed by atoms with E-state index in [1.807, 2.05) is 24.0 Å². The summed E-state index contributed by atoms with van der Waals surface area (Å²) in [5.74, 6) is 1.07. The van der Waals surface area contributed by atoms with E-state index in [1.165, 1.54) is 44.2 Å². The molecule has 2 saturated heterocycles. The van der Waals surface area contributed by atoms with Gasteiger partial charge in [0, 0.05) is 24.7 Å². The first-order chi connectivity index (χ1) is 15.6. The van der Waals surface area contributed by atoms with Gasteiger partial charge in [0.2, 0.25) is 0 Å². The Bertz CT molecular complexity index is 1030. The molecule has 4 atom stereocenters. The van der Waals surface area contributed by atoms with Crippen molar-refractivity contribution in [3.8, 4) is 5.75 Å². The first kappa shape index (κ1) is 20.3. The average Bonchev–Trinajstić information content (AvgIpc) is 3.71. The van der Waals surface area contributed by atoms with Crippen LogP contribution in [-0.4, -0.2) is 52.0 Å². The van der Waals surface area contributed by atoms with Crippen LogP contribution in [0.4, 0.5) is 0 Å². The maximum Gasteiger partial charge on any atom is 0.257 e. The maximum absolute atomic E-state index is 13.2. The highest BCUT2D eigenvalue weighted by atomic mass is 16.3. The lowest BCUT2D eigenvalue weighted by atomic mass is 9.70. The summed E-state index contributed by atoms with van der Waals surface area (Å²) in [4.78, 5) is 18.0. The van der Waals surface area contributed by atoms with Crippen molar-refractivity contribution in [3.05, 3.63) is 65.2 Å². The predicted octanol–water partition coefficient (Wildman–Crippen LogP) is 4.89. The van der Waals surface area contributed by atoms with Gasteiger partial charge in [-0.05, 0) is 80.5 Å². The second-order valence-electron chi connectivity index (χ2n) is 10.7. The Balaban J connectivity index is 1.18. The minimum atomic E-state index is -0.0375. The van der Waals surface area contributed by atoms with Crippen LogP contribution in [0.2, 0.25) is 0 Å². The van der Waals surface area contributed by atoms with Crippen molar-refractivity contribution in [2.45, 2.75) is 68.9 Å². The molecule has 2 aliphatic heterocycles. The molecule has 2 aromatic carbocycles. The standard InChI is InChI=1S/C28H34N2O2/c1-20-7-5-11-23(25(20)31)26(32)29-16-13-27(14-17-29,21-8-3-2-4-9-21)15-18-30-24-12-6-10-22-19-28(22,24)30/h2-5,7-9,11,22,24,31H,6,10,12-19H2,1H3/t22-,24?,28?,30?/m0/s1. The molecular formula is C28H34N2O2. The highest BCUT2D eigenvalue weighted by Crippen LogP contribution is 2.70. The number of amides is 1. The number of phenolic OH excluding ortho intramolecular Hbond substituents is 1. The summed E-state index contributed by atoms with van der Waals surface area (Å²) < 4.78 is 0. The molecule has 2 saturated carbocycles. The van der Waals surface area contributed by atoms with Crippen LogP contribution in [0.1, 0.15) is 66.4 Å². The SMILES string of the molecule is Cc1cccc(C(=O)N2CCC(CCN3C4CCC[C@H]5CC453)(c3ccccc3)CC2)c1O. The Morgan fingerprint density at radius 2 is 1.84 bits per heavy atom. The molecule has 1 spiro atoms. The van der Waals surface area contributed by atoms with Crippen LogP contribution in [0, 0.1) is 12.8 Å². The van der Waals surface area contributed by atoms with Crippen molar-refractivity contribution in [3.63, 3.8) is 0 Å². The van der Waals surface area contributed by atoms with Gasteiger partial charge in [-0.1, -0.05) is 48.9 Å². The lowest BCUT2D eigenvalue weighted by Crippen LogP contribution is -2.46. The number of likely N-dealkylation sites (tertiary alicyclic amines) is 2. The molecule has 4 aliphatic rings. The minimum absolute atomic E-state index is 0.0375. The fourth-order valence-corrected chi connectivity index (χ4v) is 7.20. The third-order valence-corrected chi connectivity index (χ3v) is 9.26. The van der Waals surface area contributed by atoms with Gasteiger partial charge in [-0.2, -0.15) is 0 Å². The van der Waals surface area contributed by atoms with Gasteiger partial charge in [0.15, 0.2) is 0 Å². The zero-order valence-electron chi connectivity index (χ0n) is 19.1. The summed E-state index contributed by atoms with van der Waals surface area (Å²) in [7, 11) is 0. The molecule has 1 amide bonds. The summed E-state index contributed by atoms with van der Waals surface area (Å²) in [5.41, 5.74) is 3.36. The largest absolute Gasteiger partial charge is 0.507 e. The van der Waals surface area contributed by atoms with Crippen molar-refractivity contribution in [2.24, 2.45) is 5.92 Å². The number of carbonyl (C=O) groups is 1. The van der Waals surface area contributed by atoms with E-state index in [0.29, 0.717) is 11.1 Å². The van der Waals surface area contributed by atoms with Gasteiger partial charge in [0.25, 0.3) is 5.91 Å². The number of hydrogen-bond donors (Lipinski definition) is 1. The molecule has 1 N–H and O–H groups in total. The van der Waals surface area contributed by atoms with Crippen LogP contribution in [0.5, 0.6) is 5.75 Å². The van der Waals surface area contributed by atoms with Crippen LogP contribution in [-0.2, 0) is 5.41 Å². The van der Waals surface area contributed by atoms with Crippen LogP contribution < -0.4 is 0 Å². The van der Waals surface area contributed by atoms with Gasteiger partial charge in [-0.25, -0.2) is 0 Å². The molecule has 4 heteroatoms. The summed E-state index contributed by atoms with van der Waals surface area (Å²) in [5, 5.41) is 10.4. The molecule has 32 heavy (non-hydrogen) atoms. The van der Waals surface area contributed by atoms with E-state index in [4.69, 9.17) is 0 Å². The number of aromatic hydroxyl groups is 1. The van der Waals surface area contributed by atoms with E-state index < -0.39 is 0 Å². The van der Waals surface area contributed by atoms with Crippen LogP contribution in [0.15, 0.2) is 48.5 Å². The number of rotatable bonds is 5. The maximum atomic E-state index is 13.2. The molecule has 0 aromatic heterocycles. The number of carbonyl (C=O) groups excluding carboxylic acids is 1. The highest BCUT2D eigenvalue weighted by molar-refractivity contribution is 5.97. The molecule has 4 fully saturated rings. The summed E-state index contributed by atoms with van der Waals surface area (Å²) >= 11 is 0. The minimum Gasteiger partial charge on any atom is -0.507 e. The van der Waals surface area contributed by atoms with Gasteiger partial charge in [0.05, 0.1) is 5.56 Å². The predicted molar refractivity (Wildman–Crippen MR) is 126 cm³/mol. The van der Waals surface area contributed by atoms with Gasteiger partial charge in [-0.15, -0.1) is 0 Å². The monoisotopic (exact) mass is 430 g/mol. The number of benzene rings is 2. The molecular weight excluding hydrogens is 396 g/mol. The second-order valence-corrected chi connectivity index (χ2v) is 10.7. The van der Waals surface area contributed by atoms with Gasteiger partial charge in [0.1, 0.15) is 5.75 Å². The summed E-state index contributed by atoms with van der Waals surface area (Å²) in [6.07, 6.45) is 8.86. The Morgan fingerprint density at radius 3 is 2.59 bits per heavy atom. The number of hydrogen-bond acceptors (Lipinski definition) is 3. The molecule has 2 aliphatic carbocycles. The van der Waals surface area contributed by atoms with Crippen molar-refractivity contribution in [1.29, 1.82) is 0 Å². The normalized spacial score (nSPS) is 32.0. The van der Waals surface area contributed by atoms with E-state index >= 15 is 0 Å². The molecule has 3 unspecified atom stereocenters. The van der Waals surface area contributed by atoms with Crippen molar-refractivity contribution >= 4 is 5.91 Å². The zero-order valence-corrected chi connectivity index (χ0v) is 19.1. The molecule has 4 nitrogen and oxygen atoms in total. The van der Waals surface area contributed by atoms with Crippen molar-refractivity contribution in [2.75, 3.05) is 19.6 Å². The third kappa shape index (κ3) is 3.02. The Morgan fingerprint density at radius 1 is 1.06 bits per heavy atom. The van der Waals surface area contributed by atoms with Gasteiger partial charge >= 0.3 is 0 Å². The van der Waals surface area contributed by atoms with Crippen LogP contribution in [0.25, 0.3) is 0 Å². The fraction of sp³-hybridized carbons (Fsp3) is 0.536. The summed E-state index contributed by atoms with van der Waals surface area (Å²) in [6.45, 7) is 4.54. The van der Waals surface area contributed by atoms with Crippen molar-refractivity contribution in [1.82, 2.24) is 9.80 Å². The van der Waals surface area contributed by atoms with E-state index in [2.05, 4.69) is 35.2 Å². The quantitative estimate of drug-likeness (QED) is 0.687. The first-order valence-electron chi connectivity index (χ1n) is 12.5. The molecule has 0 bridgehead atoms. The van der Waals surface area contributed by atoms with Crippen LogP contribution >= 0.6 is 0 Å². The Labute approximate surface area is 191 Å². The van der Waals surface area contributed by atoms with E-state index in [0.717, 1.165) is 43.5 Å². The van der Waals surface area contributed by atoms with Gasteiger partial charge in [-0.3, -0.25) is 9.69 Å². The highest BCUT2D eigenvalue weighted by Gasteiger charge is 2.76. The zero-order chi connectivity index (χ0) is 21.9. The number of para-hydroxylation sites is 1. The number of phenols is 1. The molecule has 0 radical (unpaired) electrons. The number of piperidine rings is 1. The molecule has 168 valence electrons. The van der Waals surface area contributed by atoms with E-state index in [1.54, 1.807) is 6.07 Å². The van der Waals surface area contributed by atoms with Gasteiger partial charge < -0.3 is 10.0 Å². The topological polar surface area (TPSA) is 43.5 Å². The van der Waals surface area contributed by atoms with E-state index in [-0.39, 0.29) is 17.1 Å². The van der Waals surface area contributed by atoms with Crippen molar-refractivity contribution < 1.29 is 9.90 Å². The van der Waals surface area contributed by atoms with E-state index in [9.17, 15) is 9.90 Å². The Kier molecular flexibility index (Phi) is 4.66. The lowest BCUT2D eigenvalue weighted by molar-refractivity contribution is 0.0652. The number of nitrogens with zero attached hydrogens (tertiary/aromatic N) is 2. The molecule has 2 heterocycles. The second kappa shape index (κ2) is 7.34. The third-order valence-electron chi connectivity index (χ3n) is 9.26. The van der Waals surface area contributed by atoms with Crippen LogP contribution in [0.3, 0.4) is 0 Å². The fourth-order valence-electron chi connectivity index (χ4n) is 7.20. The smallest absolute Gasteiger partial charge is 0.257 e.